The number of furan rings is 1. The Bertz CT molecular complexity index is 570. The van der Waals surface area contributed by atoms with E-state index in [-0.39, 0.29) is 5.41 Å². The Labute approximate surface area is 89.4 Å². The van der Waals surface area contributed by atoms with Gasteiger partial charge in [0, 0.05) is 16.4 Å². The molecule has 0 saturated carbocycles. The van der Waals surface area contributed by atoms with Crippen LogP contribution in [0.15, 0.2) is 34.5 Å². The molecule has 1 nitrogen and oxygen atoms in total. The summed E-state index contributed by atoms with van der Waals surface area (Å²) >= 11 is 0. The molecule has 1 heteroatoms. The Morgan fingerprint density at radius 1 is 1.13 bits per heavy atom. The molecule has 0 unspecified atom stereocenters. The van der Waals surface area contributed by atoms with Crippen molar-refractivity contribution < 1.29 is 4.42 Å². The molecular weight excluding hydrogens is 184 g/mol. The highest BCUT2D eigenvalue weighted by atomic mass is 16.3. The molecule has 0 spiro atoms. The SMILES string of the molecule is CC1=Cc2ccc3ccoc3c2C1(C)C. The first-order valence-electron chi connectivity index (χ1n) is 5.30. The van der Waals surface area contributed by atoms with Crippen LogP contribution in [-0.2, 0) is 5.41 Å². The molecule has 1 aliphatic rings. The van der Waals surface area contributed by atoms with Gasteiger partial charge < -0.3 is 4.42 Å². The second kappa shape index (κ2) is 2.54. The van der Waals surface area contributed by atoms with Crippen molar-refractivity contribution >= 4 is 17.0 Å². The average Bonchev–Trinajstić information content (AvgIpc) is 2.71. The first kappa shape index (κ1) is 8.78. The zero-order chi connectivity index (χ0) is 10.6. The van der Waals surface area contributed by atoms with Crippen molar-refractivity contribution in [2.45, 2.75) is 26.2 Å². The Balaban J connectivity index is 2.45. The van der Waals surface area contributed by atoms with Gasteiger partial charge in [-0.1, -0.05) is 37.6 Å². The number of allylic oxidation sites excluding steroid dienone is 1. The van der Waals surface area contributed by atoms with Gasteiger partial charge in [0.25, 0.3) is 0 Å². The minimum absolute atomic E-state index is 0.104. The highest BCUT2D eigenvalue weighted by molar-refractivity contribution is 5.88. The summed E-state index contributed by atoms with van der Waals surface area (Å²) in [6.07, 6.45) is 4.03. The van der Waals surface area contributed by atoms with Gasteiger partial charge in [-0.2, -0.15) is 0 Å². The standard InChI is InChI=1S/C14H14O/c1-9-8-11-5-4-10-6-7-15-13(10)12(11)14(9,2)3/h4-8H,1-3H3. The van der Waals surface area contributed by atoms with Gasteiger partial charge in [-0.3, -0.25) is 0 Å². The maximum atomic E-state index is 5.61. The van der Waals surface area contributed by atoms with Gasteiger partial charge in [-0.05, 0) is 18.6 Å². The molecule has 0 N–H and O–H groups in total. The van der Waals surface area contributed by atoms with E-state index >= 15 is 0 Å². The molecular formula is C14H14O. The fraction of sp³-hybridized carbons (Fsp3) is 0.286. The van der Waals surface area contributed by atoms with Gasteiger partial charge in [0.05, 0.1) is 6.26 Å². The summed E-state index contributed by atoms with van der Waals surface area (Å²) in [6, 6.07) is 6.34. The Morgan fingerprint density at radius 3 is 2.73 bits per heavy atom. The molecule has 76 valence electrons. The highest BCUT2D eigenvalue weighted by Crippen LogP contribution is 2.44. The Hall–Kier alpha value is -1.50. The molecule has 0 aliphatic heterocycles. The quantitative estimate of drug-likeness (QED) is 0.620. The van der Waals surface area contributed by atoms with Crippen LogP contribution >= 0.6 is 0 Å². The van der Waals surface area contributed by atoms with Gasteiger partial charge >= 0.3 is 0 Å². The number of fused-ring (bicyclic) bond motifs is 3. The summed E-state index contributed by atoms with van der Waals surface area (Å²) in [4.78, 5) is 0. The summed E-state index contributed by atoms with van der Waals surface area (Å²) in [6.45, 7) is 6.70. The predicted octanol–water partition coefficient (Wildman–Crippen LogP) is 4.13. The van der Waals surface area contributed by atoms with E-state index in [9.17, 15) is 0 Å². The van der Waals surface area contributed by atoms with Crippen LogP contribution < -0.4 is 0 Å². The minimum Gasteiger partial charge on any atom is -0.464 e. The first-order chi connectivity index (χ1) is 7.10. The van der Waals surface area contributed by atoms with Gasteiger partial charge in [-0.15, -0.1) is 0 Å². The van der Waals surface area contributed by atoms with Crippen molar-refractivity contribution in [1.82, 2.24) is 0 Å². The van der Waals surface area contributed by atoms with Crippen LogP contribution in [0.25, 0.3) is 17.0 Å². The minimum atomic E-state index is 0.104. The summed E-state index contributed by atoms with van der Waals surface area (Å²) in [5.74, 6) is 0. The van der Waals surface area contributed by atoms with Crippen molar-refractivity contribution in [2.24, 2.45) is 0 Å². The molecule has 15 heavy (non-hydrogen) atoms. The highest BCUT2D eigenvalue weighted by Gasteiger charge is 2.33. The molecule has 2 aromatic rings. The Morgan fingerprint density at radius 2 is 1.93 bits per heavy atom. The Kier molecular flexibility index (Phi) is 1.49. The van der Waals surface area contributed by atoms with Gasteiger partial charge in [0.2, 0.25) is 0 Å². The van der Waals surface area contributed by atoms with E-state index in [1.165, 1.54) is 22.1 Å². The summed E-state index contributed by atoms with van der Waals surface area (Å²) in [7, 11) is 0. The topological polar surface area (TPSA) is 13.1 Å². The van der Waals surface area contributed by atoms with Crippen LogP contribution in [-0.4, -0.2) is 0 Å². The van der Waals surface area contributed by atoms with Crippen LogP contribution in [0.3, 0.4) is 0 Å². The molecule has 0 amide bonds. The van der Waals surface area contributed by atoms with Crippen molar-refractivity contribution in [3.05, 3.63) is 41.2 Å². The normalized spacial score (nSPS) is 17.9. The van der Waals surface area contributed by atoms with Crippen LogP contribution in [0, 0.1) is 0 Å². The first-order valence-corrected chi connectivity index (χ1v) is 5.30. The smallest absolute Gasteiger partial charge is 0.138 e. The second-order valence-corrected chi connectivity index (χ2v) is 4.82. The molecule has 3 rings (SSSR count). The fourth-order valence-corrected chi connectivity index (χ4v) is 2.42. The van der Waals surface area contributed by atoms with E-state index in [2.05, 4.69) is 39.0 Å². The van der Waals surface area contributed by atoms with E-state index in [0.717, 1.165) is 5.58 Å². The number of rotatable bonds is 0. The third-order valence-corrected chi connectivity index (χ3v) is 3.64. The van der Waals surface area contributed by atoms with Crippen molar-refractivity contribution in [2.75, 3.05) is 0 Å². The van der Waals surface area contributed by atoms with E-state index in [4.69, 9.17) is 4.42 Å². The summed E-state index contributed by atoms with van der Waals surface area (Å²) < 4.78 is 5.61. The van der Waals surface area contributed by atoms with Crippen LogP contribution in [0.5, 0.6) is 0 Å². The zero-order valence-corrected chi connectivity index (χ0v) is 9.29. The molecule has 1 aromatic carbocycles. The van der Waals surface area contributed by atoms with E-state index < -0.39 is 0 Å². The molecule has 0 radical (unpaired) electrons. The number of hydrogen-bond donors (Lipinski definition) is 0. The van der Waals surface area contributed by atoms with Crippen LogP contribution in [0.4, 0.5) is 0 Å². The van der Waals surface area contributed by atoms with Gasteiger partial charge in [0.1, 0.15) is 5.58 Å². The largest absolute Gasteiger partial charge is 0.464 e. The lowest BCUT2D eigenvalue weighted by molar-refractivity contribution is 0.582. The average molecular weight is 198 g/mol. The van der Waals surface area contributed by atoms with Crippen molar-refractivity contribution in [1.29, 1.82) is 0 Å². The van der Waals surface area contributed by atoms with E-state index in [0.29, 0.717) is 0 Å². The predicted molar refractivity (Wildman–Crippen MR) is 62.9 cm³/mol. The van der Waals surface area contributed by atoms with Crippen molar-refractivity contribution in [3.8, 4) is 0 Å². The van der Waals surface area contributed by atoms with Gasteiger partial charge in [0.15, 0.2) is 0 Å². The van der Waals surface area contributed by atoms with Gasteiger partial charge in [-0.25, -0.2) is 0 Å². The molecule has 1 heterocycles. The number of benzene rings is 1. The second-order valence-electron chi connectivity index (χ2n) is 4.82. The molecule has 0 atom stereocenters. The van der Waals surface area contributed by atoms with Crippen LogP contribution in [0.1, 0.15) is 31.9 Å². The maximum Gasteiger partial charge on any atom is 0.138 e. The third-order valence-electron chi connectivity index (χ3n) is 3.64. The maximum absolute atomic E-state index is 5.61. The van der Waals surface area contributed by atoms with Crippen molar-refractivity contribution in [3.63, 3.8) is 0 Å². The van der Waals surface area contributed by atoms with E-state index in [1.54, 1.807) is 6.26 Å². The summed E-state index contributed by atoms with van der Waals surface area (Å²) in [5.41, 5.74) is 5.20. The molecule has 1 aromatic heterocycles. The lowest BCUT2D eigenvalue weighted by Gasteiger charge is -2.22. The molecule has 0 bridgehead atoms. The number of hydrogen-bond acceptors (Lipinski definition) is 1. The lowest BCUT2D eigenvalue weighted by Crippen LogP contribution is -2.15. The van der Waals surface area contributed by atoms with E-state index in [1.807, 2.05) is 6.07 Å². The lowest BCUT2D eigenvalue weighted by atomic mass is 9.81. The summed E-state index contributed by atoms with van der Waals surface area (Å²) in [5, 5.41) is 1.20. The molecule has 0 fully saturated rings. The fourth-order valence-electron chi connectivity index (χ4n) is 2.42. The van der Waals surface area contributed by atoms with Crippen LogP contribution in [0.2, 0.25) is 0 Å². The third kappa shape index (κ3) is 0.980. The zero-order valence-electron chi connectivity index (χ0n) is 9.29. The molecule has 1 aliphatic carbocycles. The molecule has 0 saturated heterocycles. The monoisotopic (exact) mass is 198 g/mol.